The molecule has 0 aliphatic carbocycles. The first-order valence-electron chi connectivity index (χ1n) is 0.707. The van der Waals surface area contributed by atoms with Crippen molar-refractivity contribution in [2.75, 3.05) is 0 Å². The van der Waals surface area contributed by atoms with Crippen LogP contribution in [0.2, 0.25) is 0 Å². The van der Waals surface area contributed by atoms with E-state index in [-0.39, 0.29) is 77.1 Å². The maximum absolute atomic E-state index is 3.25. The standard InChI is InChI=1S/C2H5.3BrH.Zr/c1-2;;;;/h1H2,2H3;3*1H;/q-1;;;;+4/p-3. The van der Waals surface area contributed by atoms with Gasteiger partial charge in [-0.3, -0.25) is 0 Å². The minimum Gasteiger partial charge on any atom is -1.00 e. The van der Waals surface area contributed by atoms with Crippen LogP contribution in [0, 0.1) is 6.92 Å². The van der Waals surface area contributed by atoms with Gasteiger partial charge < -0.3 is 57.9 Å². The van der Waals surface area contributed by atoms with E-state index < -0.39 is 0 Å². The van der Waals surface area contributed by atoms with E-state index in [4.69, 9.17) is 0 Å². The average molecular weight is 360 g/mol. The number of hydrogen-bond acceptors (Lipinski definition) is 0. The molecule has 0 spiro atoms. The van der Waals surface area contributed by atoms with Gasteiger partial charge in [-0.2, -0.15) is 6.92 Å². The largest absolute Gasteiger partial charge is 4.00 e. The van der Waals surface area contributed by atoms with E-state index in [2.05, 4.69) is 6.92 Å². The molecule has 0 saturated heterocycles. The van der Waals surface area contributed by atoms with Crippen LogP contribution < -0.4 is 50.9 Å². The molecule has 0 aromatic carbocycles. The fraction of sp³-hybridized carbons (Fsp3) is 0.500. The minimum absolute atomic E-state index is 0. The van der Waals surface area contributed by atoms with Crippen LogP contribution >= 0.6 is 0 Å². The van der Waals surface area contributed by atoms with Gasteiger partial charge in [0.15, 0.2) is 0 Å². The molecular formula is C2H5Br3Zr. The number of rotatable bonds is 0. The second kappa shape index (κ2) is 54.3. The monoisotopic (exact) mass is 356 g/mol. The summed E-state index contributed by atoms with van der Waals surface area (Å²) >= 11 is 0. The first-order valence-corrected chi connectivity index (χ1v) is 0.707. The van der Waals surface area contributed by atoms with Gasteiger partial charge in [0.25, 0.3) is 0 Å². The molecular weight excluding hydrogens is 355 g/mol. The Kier molecular flexibility index (Phi) is 365. The van der Waals surface area contributed by atoms with Crippen LogP contribution in [0.4, 0.5) is 0 Å². The normalized spacial score (nSPS) is 1.00. The van der Waals surface area contributed by atoms with E-state index in [9.17, 15) is 0 Å². The van der Waals surface area contributed by atoms with Crippen molar-refractivity contribution >= 4 is 0 Å². The second-order valence-electron chi connectivity index (χ2n) is 0. The Bertz CT molecular complexity index is 8.75. The zero-order valence-electron chi connectivity index (χ0n) is 3.34. The van der Waals surface area contributed by atoms with Crippen LogP contribution in [0.3, 0.4) is 0 Å². The summed E-state index contributed by atoms with van der Waals surface area (Å²) in [6, 6.07) is 0. The summed E-state index contributed by atoms with van der Waals surface area (Å²) in [4.78, 5) is 0. The van der Waals surface area contributed by atoms with Gasteiger partial charge in [0.1, 0.15) is 0 Å². The summed E-state index contributed by atoms with van der Waals surface area (Å²) in [6.07, 6.45) is 0. The summed E-state index contributed by atoms with van der Waals surface area (Å²) in [7, 11) is 0. The third-order valence-electron chi connectivity index (χ3n) is 0. The molecule has 0 aromatic rings. The zero-order chi connectivity index (χ0) is 2.00. The molecule has 6 heavy (non-hydrogen) atoms. The Morgan fingerprint density at radius 2 is 0.833 bits per heavy atom. The zero-order valence-corrected chi connectivity index (χ0v) is 10.6. The summed E-state index contributed by atoms with van der Waals surface area (Å²) < 4.78 is 0. The van der Waals surface area contributed by atoms with Crippen LogP contribution in [0.1, 0.15) is 6.92 Å². The van der Waals surface area contributed by atoms with E-state index in [0.717, 1.165) is 0 Å². The van der Waals surface area contributed by atoms with Crippen LogP contribution in [-0.4, -0.2) is 0 Å². The van der Waals surface area contributed by atoms with Crippen molar-refractivity contribution in [2.45, 2.75) is 6.92 Å². The van der Waals surface area contributed by atoms with Crippen LogP contribution in [0.15, 0.2) is 0 Å². The summed E-state index contributed by atoms with van der Waals surface area (Å²) in [5.41, 5.74) is 0. The Balaban J connectivity index is -0.000000000833. The minimum atomic E-state index is 0. The van der Waals surface area contributed by atoms with Gasteiger partial charge in [-0.15, -0.1) is 0 Å². The summed E-state index contributed by atoms with van der Waals surface area (Å²) in [6.45, 7) is 5.00. The van der Waals surface area contributed by atoms with Gasteiger partial charge in [-0.25, -0.2) is 0 Å². The molecule has 0 unspecified atom stereocenters. The fourth-order valence-electron chi connectivity index (χ4n) is 0. The molecule has 0 bridgehead atoms. The van der Waals surface area contributed by atoms with Gasteiger partial charge in [0, 0.05) is 0 Å². The topological polar surface area (TPSA) is 0 Å². The predicted octanol–water partition coefficient (Wildman–Crippen LogP) is -8.15. The molecule has 38 valence electrons. The third-order valence-corrected chi connectivity index (χ3v) is 0. The summed E-state index contributed by atoms with van der Waals surface area (Å²) in [5, 5.41) is 0. The third kappa shape index (κ3) is 33.2. The number of hydrogen-bond donors (Lipinski definition) is 0. The van der Waals surface area contributed by atoms with Crippen molar-refractivity contribution in [1.29, 1.82) is 0 Å². The van der Waals surface area contributed by atoms with Gasteiger partial charge in [0.05, 0.1) is 0 Å². The van der Waals surface area contributed by atoms with Gasteiger partial charge >= 0.3 is 26.2 Å². The van der Waals surface area contributed by atoms with Gasteiger partial charge in [0.2, 0.25) is 0 Å². The molecule has 0 saturated carbocycles. The van der Waals surface area contributed by atoms with Crippen molar-refractivity contribution in [1.82, 2.24) is 0 Å². The smallest absolute Gasteiger partial charge is 1.00 e. The van der Waals surface area contributed by atoms with Gasteiger partial charge in [-0.1, -0.05) is 0 Å². The maximum Gasteiger partial charge on any atom is 4.00 e. The number of halogens is 3. The van der Waals surface area contributed by atoms with E-state index >= 15 is 0 Å². The molecule has 0 aliphatic rings. The van der Waals surface area contributed by atoms with Crippen molar-refractivity contribution in [2.24, 2.45) is 0 Å². The Hall–Kier alpha value is 2.32. The average Bonchev–Trinajstić information content (AvgIpc) is 1.00. The predicted molar refractivity (Wildman–Crippen MR) is 11.0 cm³/mol. The Morgan fingerprint density at radius 1 is 0.833 bits per heavy atom. The first-order chi connectivity index (χ1) is 1.00. The van der Waals surface area contributed by atoms with E-state index in [1.807, 2.05) is 0 Å². The Morgan fingerprint density at radius 3 is 0.833 bits per heavy atom. The maximum atomic E-state index is 3.25. The van der Waals surface area contributed by atoms with Gasteiger partial charge in [-0.05, 0) is 0 Å². The first kappa shape index (κ1) is 40.4. The van der Waals surface area contributed by atoms with E-state index in [1.54, 1.807) is 6.92 Å². The summed E-state index contributed by atoms with van der Waals surface area (Å²) in [5.74, 6) is 0. The van der Waals surface area contributed by atoms with E-state index in [1.165, 1.54) is 0 Å². The molecule has 4 heteroatoms. The van der Waals surface area contributed by atoms with Crippen molar-refractivity contribution in [3.05, 3.63) is 6.92 Å². The molecule has 0 N–H and O–H groups in total. The molecule has 0 nitrogen and oxygen atoms in total. The van der Waals surface area contributed by atoms with Crippen molar-refractivity contribution in [3.8, 4) is 0 Å². The molecule has 0 radical (unpaired) electrons. The Labute approximate surface area is 89.9 Å². The van der Waals surface area contributed by atoms with Crippen LogP contribution in [0.5, 0.6) is 0 Å². The molecule has 0 amide bonds. The fourth-order valence-corrected chi connectivity index (χ4v) is 0. The van der Waals surface area contributed by atoms with Crippen LogP contribution in [0.25, 0.3) is 0 Å². The molecule has 0 heterocycles. The molecule has 0 rings (SSSR count). The second-order valence-corrected chi connectivity index (χ2v) is 0. The van der Waals surface area contributed by atoms with Crippen molar-refractivity contribution in [3.63, 3.8) is 0 Å². The molecule has 0 fully saturated rings. The quantitative estimate of drug-likeness (QED) is 0.377. The van der Waals surface area contributed by atoms with Crippen LogP contribution in [-0.2, 0) is 26.2 Å². The SMILES string of the molecule is [Br-].[Br-].[Br-].[CH2-]C.[Zr+4]. The molecule has 0 aromatic heterocycles. The molecule has 0 atom stereocenters. The molecule has 0 aliphatic heterocycles. The van der Waals surface area contributed by atoms with Crippen molar-refractivity contribution < 1.29 is 77.1 Å². The van der Waals surface area contributed by atoms with E-state index in [0.29, 0.717) is 0 Å².